The molecule has 0 N–H and O–H groups in total. The molecule has 1 aromatic heterocycles. The Bertz CT molecular complexity index is 722. The zero-order valence-corrected chi connectivity index (χ0v) is 15.3. The predicted octanol–water partition coefficient (Wildman–Crippen LogP) is 1.76. The van der Waals surface area contributed by atoms with Gasteiger partial charge in [0.25, 0.3) is 0 Å². The van der Waals surface area contributed by atoms with E-state index in [0.29, 0.717) is 12.5 Å². The number of aryl methyl sites for hydroxylation is 2. The van der Waals surface area contributed by atoms with E-state index in [1.807, 2.05) is 4.90 Å². The van der Waals surface area contributed by atoms with E-state index < -0.39 is 0 Å². The summed E-state index contributed by atoms with van der Waals surface area (Å²) in [5.74, 6) is 0.277. The maximum atomic E-state index is 12.4. The van der Waals surface area contributed by atoms with Crippen molar-refractivity contribution in [3.63, 3.8) is 0 Å². The summed E-state index contributed by atoms with van der Waals surface area (Å²) in [4.78, 5) is 21.0. The molecule has 0 spiro atoms. The number of benzene rings is 1. The molecular weight excluding hydrogens is 326 g/mol. The Morgan fingerprint density at radius 2 is 1.92 bits per heavy atom. The van der Waals surface area contributed by atoms with E-state index in [-0.39, 0.29) is 5.91 Å². The highest BCUT2D eigenvalue weighted by Gasteiger charge is 2.28. The second-order valence-electron chi connectivity index (χ2n) is 7.34. The van der Waals surface area contributed by atoms with E-state index in [1.165, 1.54) is 30.3 Å². The average molecular weight is 353 g/mol. The Morgan fingerprint density at radius 1 is 1.12 bits per heavy atom. The van der Waals surface area contributed by atoms with Gasteiger partial charge in [-0.2, -0.15) is 5.10 Å². The lowest BCUT2D eigenvalue weighted by Crippen LogP contribution is -2.53. The van der Waals surface area contributed by atoms with Crippen LogP contribution in [0.3, 0.4) is 0 Å². The van der Waals surface area contributed by atoms with Crippen molar-refractivity contribution in [1.29, 1.82) is 0 Å². The molecular formula is C20H27N5O. The molecule has 138 valence electrons. The van der Waals surface area contributed by atoms with Crippen molar-refractivity contribution in [1.82, 2.24) is 24.6 Å². The number of carbonyl (C=O) groups is 1. The standard InChI is InChI=1S/C20H27N5O/c26-20(6-3-9-25-16-21-15-22-25)24-12-10-23(11-13-24)19-8-7-17-4-1-2-5-18(17)14-19/h1-2,4-5,15-16,19H,3,6-14H2/t19-/m1/s1. The van der Waals surface area contributed by atoms with Gasteiger partial charge in [0, 0.05) is 45.2 Å². The maximum absolute atomic E-state index is 12.4. The van der Waals surface area contributed by atoms with E-state index in [0.717, 1.165) is 45.6 Å². The largest absolute Gasteiger partial charge is 0.340 e. The third-order valence-electron chi connectivity index (χ3n) is 5.75. The summed E-state index contributed by atoms with van der Waals surface area (Å²) in [5, 5.41) is 4.08. The maximum Gasteiger partial charge on any atom is 0.222 e. The zero-order chi connectivity index (χ0) is 17.8. The van der Waals surface area contributed by atoms with Gasteiger partial charge in [-0.1, -0.05) is 24.3 Å². The Labute approximate surface area is 154 Å². The highest BCUT2D eigenvalue weighted by Crippen LogP contribution is 2.25. The van der Waals surface area contributed by atoms with Crippen LogP contribution in [0.2, 0.25) is 0 Å². The van der Waals surface area contributed by atoms with Crippen LogP contribution in [-0.2, 0) is 24.2 Å². The molecule has 1 aliphatic carbocycles. The van der Waals surface area contributed by atoms with Crippen molar-refractivity contribution in [2.24, 2.45) is 0 Å². The van der Waals surface area contributed by atoms with Crippen molar-refractivity contribution in [2.75, 3.05) is 26.2 Å². The number of carbonyl (C=O) groups excluding carboxylic acids is 1. The molecule has 1 amide bonds. The molecule has 6 heteroatoms. The highest BCUT2D eigenvalue weighted by atomic mass is 16.2. The quantitative estimate of drug-likeness (QED) is 0.822. The van der Waals surface area contributed by atoms with Crippen LogP contribution in [0.4, 0.5) is 0 Å². The topological polar surface area (TPSA) is 54.3 Å². The summed E-state index contributed by atoms with van der Waals surface area (Å²) in [5.41, 5.74) is 3.03. The van der Waals surface area contributed by atoms with Crippen molar-refractivity contribution in [3.8, 4) is 0 Å². The summed E-state index contributed by atoms with van der Waals surface area (Å²) in [7, 11) is 0. The van der Waals surface area contributed by atoms with Gasteiger partial charge in [-0.3, -0.25) is 14.4 Å². The molecule has 26 heavy (non-hydrogen) atoms. The average Bonchev–Trinajstić information content (AvgIpc) is 3.21. The van der Waals surface area contributed by atoms with Crippen molar-refractivity contribution in [2.45, 2.75) is 44.7 Å². The van der Waals surface area contributed by atoms with E-state index in [4.69, 9.17) is 0 Å². The first kappa shape index (κ1) is 17.2. The van der Waals surface area contributed by atoms with Gasteiger partial charge in [0.05, 0.1) is 0 Å². The number of hydrogen-bond donors (Lipinski definition) is 0. The molecule has 0 unspecified atom stereocenters. The van der Waals surface area contributed by atoms with Gasteiger partial charge < -0.3 is 4.90 Å². The van der Waals surface area contributed by atoms with Crippen LogP contribution in [0.5, 0.6) is 0 Å². The molecule has 0 saturated carbocycles. The van der Waals surface area contributed by atoms with Gasteiger partial charge in [-0.15, -0.1) is 0 Å². The summed E-state index contributed by atoms with van der Waals surface area (Å²) in [6.07, 6.45) is 8.22. The minimum Gasteiger partial charge on any atom is -0.340 e. The van der Waals surface area contributed by atoms with Crippen molar-refractivity contribution < 1.29 is 4.79 Å². The molecule has 2 aliphatic rings. The summed E-state index contributed by atoms with van der Waals surface area (Å²) < 4.78 is 1.78. The number of hydrogen-bond acceptors (Lipinski definition) is 4. The lowest BCUT2D eigenvalue weighted by molar-refractivity contribution is -0.133. The number of piperazine rings is 1. The third-order valence-corrected chi connectivity index (χ3v) is 5.75. The van der Waals surface area contributed by atoms with E-state index in [2.05, 4.69) is 39.2 Å². The van der Waals surface area contributed by atoms with Gasteiger partial charge in [0.2, 0.25) is 5.91 Å². The van der Waals surface area contributed by atoms with E-state index in [9.17, 15) is 4.79 Å². The first-order valence-corrected chi connectivity index (χ1v) is 9.70. The number of amides is 1. The number of rotatable bonds is 5. The molecule has 1 aliphatic heterocycles. The van der Waals surface area contributed by atoms with Crippen LogP contribution in [0.1, 0.15) is 30.4 Å². The molecule has 2 heterocycles. The summed E-state index contributed by atoms with van der Waals surface area (Å²) in [6.45, 7) is 4.48. The van der Waals surface area contributed by atoms with Gasteiger partial charge >= 0.3 is 0 Å². The van der Waals surface area contributed by atoms with Crippen molar-refractivity contribution in [3.05, 3.63) is 48.0 Å². The molecule has 0 bridgehead atoms. The Balaban J connectivity index is 1.22. The van der Waals surface area contributed by atoms with Gasteiger partial charge in [0.1, 0.15) is 12.7 Å². The number of fused-ring (bicyclic) bond motifs is 1. The van der Waals surface area contributed by atoms with Crippen molar-refractivity contribution >= 4 is 5.91 Å². The van der Waals surface area contributed by atoms with Crippen LogP contribution in [0, 0.1) is 0 Å². The van der Waals surface area contributed by atoms with Gasteiger partial charge in [-0.05, 0) is 36.8 Å². The van der Waals surface area contributed by atoms with Crippen LogP contribution < -0.4 is 0 Å². The second-order valence-corrected chi connectivity index (χ2v) is 7.34. The minimum atomic E-state index is 0.277. The molecule has 2 aromatic rings. The molecule has 6 nitrogen and oxygen atoms in total. The monoisotopic (exact) mass is 353 g/mol. The fourth-order valence-corrected chi connectivity index (χ4v) is 4.23. The Hall–Kier alpha value is -2.21. The SMILES string of the molecule is O=C(CCCn1cncn1)N1CCN([C@@H]2CCc3ccccc3C2)CC1. The fourth-order valence-electron chi connectivity index (χ4n) is 4.23. The molecule has 1 fully saturated rings. The van der Waals surface area contributed by atoms with Crippen LogP contribution in [0.25, 0.3) is 0 Å². The lowest BCUT2D eigenvalue weighted by Gasteiger charge is -2.41. The minimum absolute atomic E-state index is 0.277. The normalized spacial score (nSPS) is 20.8. The Kier molecular flexibility index (Phi) is 5.29. The molecule has 1 saturated heterocycles. The smallest absolute Gasteiger partial charge is 0.222 e. The number of nitrogens with zero attached hydrogens (tertiary/aromatic N) is 5. The fraction of sp³-hybridized carbons (Fsp3) is 0.550. The summed E-state index contributed by atoms with van der Waals surface area (Å²) in [6, 6.07) is 9.47. The molecule has 0 radical (unpaired) electrons. The van der Waals surface area contributed by atoms with Gasteiger partial charge in [-0.25, -0.2) is 4.98 Å². The van der Waals surface area contributed by atoms with E-state index in [1.54, 1.807) is 11.0 Å². The van der Waals surface area contributed by atoms with Crippen LogP contribution >= 0.6 is 0 Å². The molecule has 4 rings (SSSR count). The third kappa shape index (κ3) is 3.96. The zero-order valence-electron chi connectivity index (χ0n) is 15.3. The first-order chi connectivity index (χ1) is 12.8. The molecule has 1 atom stereocenters. The van der Waals surface area contributed by atoms with Crippen LogP contribution in [0.15, 0.2) is 36.9 Å². The molecule has 1 aromatic carbocycles. The first-order valence-electron chi connectivity index (χ1n) is 9.70. The second kappa shape index (κ2) is 7.99. The lowest BCUT2D eigenvalue weighted by atomic mass is 9.87. The van der Waals surface area contributed by atoms with E-state index >= 15 is 0 Å². The Morgan fingerprint density at radius 3 is 2.69 bits per heavy atom. The summed E-state index contributed by atoms with van der Waals surface area (Å²) >= 11 is 0. The predicted molar refractivity (Wildman–Crippen MR) is 99.7 cm³/mol. The van der Waals surface area contributed by atoms with Crippen LogP contribution in [-0.4, -0.2) is 62.7 Å². The number of aromatic nitrogens is 3. The highest BCUT2D eigenvalue weighted by molar-refractivity contribution is 5.76. The van der Waals surface area contributed by atoms with Gasteiger partial charge in [0.15, 0.2) is 0 Å².